The Balaban J connectivity index is 1.54. The van der Waals surface area contributed by atoms with E-state index >= 15 is 0 Å². The molecule has 148 valence electrons. The van der Waals surface area contributed by atoms with Gasteiger partial charge in [-0.15, -0.1) is 0 Å². The van der Waals surface area contributed by atoms with Crippen molar-refractivity contribution in [2.75, 3.05) is 13.1 Å². The van der Waals surface area contributed by atoms with E-state index in [2.05, 4.69) is 50.1 Å². The first-order chi connectivity index (χ1) is 14.2. The number of aryl methyl sites for hydroxylation is 1. The van der Waals surface area contributed by atoms with Crippen molar-refractivity contribution in [3.8, 4) is 11.5 Å². The van der Waals surface area contributed by atoms with Gasteiger partial charge in [-0.25, -0.2) is 4.98 Å². The number of aromatic nitrogens is 4. The molecular weight excluding hydrogens is 364 g/mol. The molecule has 0 bridgehead atoms. The van der Waals surface area contributed by atoms with E-state index in [1.165, 1.54) is 0 Å². The van der Waals surface area contributed by atoms with E-state index in [1.807, 2.05) is 19.1 Å². The Morgan fingerprint density at radius 2 is 1.93 bits per heavy atom. The molecule has 1 aliphatic rings. The first-order valence-electron chi connectivity index (χ1n) is 10.2. The van der Waals surface area contributed by atoms with Gasteiger partial charge in [-0.1, -0.05) is 31.2 Å². The number of fused-ring (bicyclic) bond motifs is 2. The van der Waals surface area contributed by atoms with Gasteiger partial charge < -0.3 is 15.6 Å². The maximum atomic E-state index is 13.1. The Labute approximate surface area is 168 Å². The zero-order chi connectivity index (χ0) is 19.8. The molecule has 1 aliphatic heterocycles. The Morgan fingerprint density at radius 1 is 1.17 bits per heavy atom. The summed E-state index contributed by atoms with van der Waals surface area (Å²) in [5, 5.41) is 16.3. The van der Waals surface area contributed by atoms with Gasteiger partial charge in [0.1, 0.15) is 5.69 Å². The molecule has 1 saturated heterocycles. The lowest BCUT2D eigenvalue weighted by Gasteiger charge is -2.23. The summed E-state index contributed by atoms with van der Waals surface area (Å²) < 4.78 is 0. The summed E-state index contributed by atoms with van der Waals surface area (Å²) in [4.78, 5) is 21.2. The number of nitrogens with zero attached hydrogens (tertiary/aromatic N) is 2. The lowest BCUT2D eigenvalue weighted by atomic mass is 10.0. The van der Waals surface area contributed by atoms with Crippen molar-refractivity contribution in [1.82, 2.24) is 30.8 Å². The van der Waals surface area contributed by atoms with E-state index < -0.39 is 0 Å². The van der Waals surface area contributed by atoms with Crippen LogP contribution in [0.15, 0.2) is 36.4 Å². The second-order valence-electron chi connectivity index (χ2n) is 7.58. The summed E-state index contributed by atoms with van der Waals surface area (Å²) in [6.45, 7) is 3.88. The summed E-state index contributed by atoms with van der Waals surface area (Å²) in [6, 6.07) is 12.5. The molecule has 7 heteroatoms. The molecule has 7 nitrogen and oxygen atoms in total. The molecule has 4 N–H and O–H groups in total. The summed E-state index contributed by atoms with van der Waals surface area (Å²) in [6.07, 6.45) is 2.58. The van der Waals surface area contributed by atoms with Crippen LogP contribution in [0.2, 0.25) is 0 Å². The number of amides is 1. The highest BCUT2D eigenvalue weighted by Gasteiger charge is 2.25. The fourth-order valence-corrected chi connectivity index (χ4v) is 4.08. The fourth-order valence-electron chi connectivity index (χ4n) is 4.08. The van der Waals surface area contributed by atoms with Gasteiger partial charge in [0.25, 0.3) is 5.91 Å². The number of carbonyl (C=O) groups is 1. The molecule has 0 atom stereocenters. The molecule has 0 radical (unpaired) electrons. The lowest BCUT2D eigenvalue weighted by Crippen LogP contribution is -2.43. The third-order valence-corrected chi connectivity index (χ3v) is 5.67. The Bertz CT molecular complexity index is 1130. The molecule has 29 heavy (non-hydrogen) atoms. The molecule has 2 aromatic heterocycles. The SMILES string of the molecule is CCc1[nH]nc(-c2nc3cc4ccccc4cc3[nH]2)c1C(=O)NC1CCNCC1. The van der Waals surface area contributed by atoms with Gasteiger partial charge in [-0.05, 0) is 55.3 Å². The van der Waals surface area contributed by atoms with Crippen molar-refractivity contribution in [2.24, 2.45) is 0 Å². The van der Waals surface area contributed by atoms with E-state index in [-0.39, 0.29) is 11.9 Å². The van der Waals surface area contributed by atoms with Crippen LogP contribution in [-0.2, 0) is 6.42 Å². The van der Waals surface area contributed by atoms with Crippen LogP contribution in [0, 0.1) is 0 Å². The average Bonchev–Trinajstić information content (AvgIpc) is 3.36. The Morgan fingerprint density at radius 3 is 2.69 bits per heavy atom. The highest BCUT2D eigenvalue weighted by atomic mass is 16.1. The minimum absolute atomic E-state index is 0.0804. The number of piperidine rings is 1. The minimum atomic E-state index is -0.0804. The number of hydrogen-bond acceptors (Lipinski definition) is 4. The van der Waals surface area contributed by atoms with Crippen LogP contribution in [0.5, 0.6) is 0 Å². The molecule has 2 aromatic carbocycles. The van der Waals surface area contributed by atoms with Gasteiger partial charge >= 0.3 is 0 Å². The van der Waals surface area contributed by atoms with Crippen molar-refractivity contribution < 1.29 is 4.79 Å². The number of aromatic amines is 2. The predicted octanol–water partition coefficient (Wildman–Crippen LogP) is 3.15. The number of nitrogens with one attached hydrogen (secondary N) is 4. The molecule has 1 amide bonds. The van der Waals surface area contributed by atoms with Crippen molar-refractivity contribution in [3.05, 3.63) is 47.7 Å². The molecule has 0 spiro atoms. The standard InChI is InChI=1S/C22H24N6O/c1-2-16-19(22(29)24-15-7-9-23-10-8-15)20(28-27-16)21-25-17-11-13-5-3-4-6-14(13)12-18(17)26-21/h3-6,11-12,15,23H,2,7-10H2,1H3,(H,24,29)(H,25,26)(H,27,28). The van der Waals surface area contributed by atoms with E-state index in [4.69, 9.17) is 4.98 Å². The molecule has 0 aliphatic carbocycles. The number of H-pyrrole nitrogens is 2. The number of imidazole rings is 1. The van der Waals surface area contributed by atoms with Gasteiger partial charge in [-0.3, -0.25) is 9.89 Å². The second kappa shape index (κ2) is 7.33. The van der Waals surface area contributed by atoms with Crippen LogP contribution in [-0.4, -0.2) is 45.2 Å². The van der Waals surface area contributed by atoms with E-state index in [9.17, 15) is 4.79 Å². The quantitative estimate of drug-likeness (QED) is 0.432. The first-order valence-corrected chi connectivity index (χ1v) is 10.2. The number of benzene rings is 2. The monoisotopic (exact) mass is 388 g/mol. The summed E-state index contributed by atoms with van der Waals surface area (Å²) in [7, 11) is 0. The highest BCUT2D eigenvalue weighted by molar-refractivity contribution is 6.02. The maximum absolute atomic E-state index is 13.1. The van der Waals surface area contributed by atoms with Crippen molar-refractivity contribution in [1.29, 1.82) is 0 Å². The van der Waals surface area contributed by atoms with Gasteiger partial charge in [-0.2, -0.15) is 5.10 Å². The predicted molar refractivity (Wildman–Crippen MR) is 114 cm³/mol. The van der Waals surface area contributed by atoms with Crippen LogP contribution >= 0.6 is 0 Å². The largest absolute Gasteiger partial charge is 0.349 e. The molecular formula is C22H24N6O. The van der Waals surface area contributed by atoms with Crippen LogP contribution in [0.1, 0.15) is 35.8 Å². The van der Waals surface area contributed by atoms with Crippen LogP contribution in [0.3, 0.4) is 0 Å². The van der Waals surface area contributed by atoms with Gasteiger partial charge in [0.2, 0.25) is 0 Å². The number of carbonyl (C=O) groups excluding carboxylic acids is 1. The zero-order valence-corrected chi connectivity index (χ0v) is 16.4. The minimum Gasteiger partial charge on any atom is -0.349 e. The Hall–Kier alpha value is -3.19. The van der Waals surface area contributed by atoms with Gasteiger partial charge in [0, 0.05) is 11.7 Å². The molecule has 0 unspecified atom stereocenters. The second-order valence-corrected chi connectivity index (χ2v) is 7.58. The van der Waals surface area contributed by atoms with E-state index in [1.54, 1.807) is 0 Å². The zero-order valence-electron chi connectivity index (χ0n) is 16.4. The molecule has 0 saturated carbocycles. The van der Waals surface area contributed by atoms with Crippen LogP contribution < -0.4 is 10.6 Å². The maximum Gasteiger partial charge on any atom is 0.255 e. The third kappa shape index (κ3) is 3.27. The average molecular weight is 388 g/mol. The number of rotatable bonds is 4. The Kier molecular flexibility index (Phi) is 4.52. The summed E-state index contributed by atoms with van der Waals surface area (Å²) in [5.74, 6) is 0.532. The first kappa shape index (κ1) is 17.9. The molecule has 4 aromatic rings. The topological polar surface area (TPSA) is 98.5 Å². The third-order valence-electron chi connectivity index (χ3n) is 5.67. The molecule has 1 fully saturated rings. The highest BCUT2D eigenvalue weighted by Crippen LogP contribution is 2.27. The van der Waals surface area contributed by atoms with Crippen molar-refractivity contribution in [3.63, 3.8) is 0 Å². The van der Waals surface area contributed by atoms with Gasteiger partial charge in [0.05, 0.1) is 16.6 Å². The normalized spacial score (nSPS) is 15.2. The van der Waals surface area contributed by atoms with E-state index in [0.29, 0.717) is 23.5 Å². The summed E-state index contributed by atoms with van der Waals surface area (Å²) >= 11 is 0. The van der Waals surface area contributed by atoms with Gasteiger partial charge in [0.15, 0.2) is 5.82 Å². The lowest BCUT2D eigenvalue weighted by molar-refractivity contribution is 0.0929. The van der Waals surface area contributed by atoms with Crippen LogP contribution in [0.4, 0.5) is 0 Å². The van der Waals surface area contributed by atoms with Crippen molar-refractivity contribution in [2.45, 2.75) is 32.2 Å². The number of hydrogen-bond donors (Lipinski definition) is 4. The van der Waals surface area contributed by atoms with E-state index in [0.717, 1.165) is 53.4 Å². The molecule has 5 rings (SSSR count). The van der Waals surface area contributed by atoms with Crippen molar-refractivity contribution >= 4 is 27.7 Å². The molecule has 3 heterocycles. The summed E-state index contributed by atoms with van der Waals surface area (Å²) in [5.41, 5.74) is 3.80. The smallest absolute Gasteiger partial charge is 0.255 e. The van der Waals surface area contributed by atoms with Crippen LogP contribution in [0.25, 0.3) is 33.3 Å². The fraction of sp³-hybridized carbons (Fsp3) is 0.318.